The highest BCUT2D eigenvalue weighted by Gasteiger charge is 2.25. The topological polar surface area (TPSA) is 71.0 Å². The Bertz CT molecular complexity index is 231. The van der Waals surface area contributed by atoms with Crippen LogP contribution in [0.1, 0.15) is 34.1 Å². The van der Waals surface area contributed by atoms with Gasteiger partial charge in [-0.3, -0.25) is 0 Å². The highest BCUT2D eigenvalue weighted by molar-refractivity contribution is 7.44. The van der Waals surface area contributed by atoms with Crippen LogP contribution in [0.2, 0.25) is 0 Å². The Morgan fingerprint density at radius 3 is 2.28 bits per heavy atom. The predicted octanol–water partition coefficient (Wildman–Crippen LogP) is 2.65. The van der Waals surface area contributed by atoms with Crippen LogP contribution >= 0.6 is 8.53 Å². The van der Waals surface area contributed by atoms with Gasteiger partial charge in [-0.2, -0.15) is 0 Å². The molecule has 18 heavy (non-hydrogen) atoms. The molecule has 108 valence electrons. The first-order chi connectivity index (χ1) is 8.40. The number of nitrogens with one attached hydrogen (secondary N) is 1. The van der Waals surface area contributed by atoms with Gasteiger partial charge in [0, 0.05) is 25.7 Å². The van der Waals surface area contributed by atoms with Gasteiger partial charge >= 0.3 is 6.09 Å². The molecule has 0 radical (unpaired) electrons. The third-order valence-electron chi connectivity index (χ3n) is 2.20. The summed E-state index contributed by atoms with van der Waals surface area (Å²) in [5, 5.41) is 10.7. The van der Waals surface area contributed by atoms with Crippen molar-refractivity contribution in [1.29, 1.82) is 0 Å². The van der Waals surface area contributed by atoms with Crippen molar-refractivity contribution in [3.8, 4) is 0 Å². The minimum absolute atomic E-state index is 0.341. The normalized spacial score (nSPS) is 13.3. The summed E-state index contributed by atoms with van der Waals surface area (Å²) < 4.78 is 13.3. The highest BCUT2D eigenvalue weighted by Crippen LogP contribution is 2.44. The first kappa shape index (κ1) is 17.6. The SMILES string of the molecule is COP(OCCCNC(=O)O)N(C(C)C)C(C)C. The van der Waals surface area contributed by atoms with Crippen LogP contribution in [0.5, 0.6) is 0 Å². The number of hydrogen-bond donors (Lipinski definition) is 2. The van der Waals surface area contributed by atoms with Gasteiger partial charge in [0.2, 0.25) is 0 Å². The maximum Gasteiger partial charge on any atom is 0.404 e. The van der Waals surface area contributed by atoms with Gasteiger partial charge in [-0.05, 0) is 34.1 Å². The van der Waals surface area contributed by atoms with Gasteiger partial charge in [0.15, 0.2) is 0 Å². The monoisotopic (exact) mass is 280 g/mol. The zero-order chi connectivity index (χ0) is 14.1. The van der Waals surface area contributed by atoms with Crippen LogP contribution in [0.4, 0.5) is 4.79 Å². The lowest BCUT2D eigenvalue weighted by molar-refractivity contribution is 0.186. The van der Waals surface area contributed by atoms with Crippen LogP contribution in [0.15, 0.2) is 0 Å². The number of nitrogens with zero attached hydrogens (tertiary/aromatic N) is 1. The molecule has 0 aromatic heterocycles. The largest absolute Gasteiger partial charge is 0.465 e. The molecule has 0 aliphatic rings. The van der Waals surface area contributed by atoms with Gasteiger partial charge in [-0.15, -0.1) is 0 Å². The summed E-state index contributed by atoms with van der Waals surface area (Å²) in [6, 6.07) is 0.682. The molecule has 1 atom stereocenters. The van der Waals surface area contributed by atoms with Crippen molar-refractivity contribution in [1.82, 2.24) is 9.99 Å². The van der Waals surface area contributed by atoms with Crippen molar-refractivity contribution in [2.45, 2.75) is 46.2 Å². The van der Waals surface area contributed by atoms with Crippen molar-refractivity contribution in [3.05, 3.63) is 0 Å². The summed E-state index contributed by atoms with van der Waals surface area (Å²) >= 11 is 0. The fourth-order valence-electron chi connectivity index (χ4n) is 1.60. The fourth-order valence-corrected chi connectivity index (χ4v) is 3.06. The zero-order valence-corrected chi connectivity index (χ0v) is 12.7. The van der Waals surface area contributed by atoms with E-state index in [9.17, 15) is 4.79 Å². The van der Waals surface area contributed by atoms with Gasteiger partial charge in [0.05, 0.1) is 6.61 Å². The molecule has 2 N–H and O–H groups in total. The summed E-state index contributed by atoms with van der Waals surface area (Å²) in [5.41, 5.74) is 0. The van der Waals surface area contributed by atoms with E-state index in [1.54, 1.807) is 7.11 Å². The van der Waals surface area contributed by atoms with E-state index in [0.717, 1.165) is 0 Å². The molecular weight excluding hydrogens is 255 g/mol. The van der Waals surface area contributed by atoms with Gasteiger partial charge in [0.1, 0.15) is 0 Å². The van der Waals surface area contributed by atoms with Gasteiger partial charge in [0.25, 0.3) is 8.53 Å². The molecule has 7 heteroatoms. The van der Waals surface area contributed by atoms with E-state index in [4.69, 9.17) is 14.2 Å². The van der Waals surface area contributed by atoms with E-state index in [2.05, 4.69) is 37.7 Å². The molecule has 0 saturated carbocycles. The fraction of sp³-hybridized carbons (Fsp3) is 0.909. The second-order valence-electron chi connectivity index (χ2n) is 4.41. The molecule has 1 unspecified atom stereocenters. The number of amides is 1. The Morgan fingerprint density at radius 2 is 1.89 bits per heavy atom. The minimum Gasteiger partial charge on any atom is -0.465 e. The first-order valence-corrected chi connectivity index (χ1v) is 7.25. The molecule has 0 bridgehead atoms. The van der Waals surface area contributed by atoms with Crippen LogP contribution in [-0.2, 0) is 9.05 Å². The zero-order valence-electron chi connectivity index (χ0n) is 11.8. The maximum absolute atomic E-state index is 10.3. The summed E-state index contributed by atoms with van der Waals surface area (Å²) in [6.07, 6.45) is -0.367. The molecule has 0 rings (SSSR count). The lowest BCUT2D eigenvalue weighted by Gasteiger charge is -2.34. The molecule has 0 aliphatic carbocycles. The lowest BCUT2D eigenvalue weighted by Crippen LogP contribution is -2.33. The van der Waals surface area contributed by atoms with Crippen molar-refractivity contribution in [3.63, 3.8) is 0 Å². The third-order valence-corrected chi connectivity index (χ3v) is 4.22. The molecule has 0 fully saturated rings. The summed E-state index contributed by atoms with van der Waals surface area (Å²) in [5.74, 6) is 0. The predicted molar refractivity (Wildman–Crippen MR) is 72.6 cm³/mol. The second-order valence-corrected chi connectivity index (χ2v) is 5.97. The molecule has 0 saturated heterocycles. The van der Waals surface area contributed by atoms with Gasteiger partial charge in [-0.1, -0.05) is 0 Å². The molecule has 0 spiro atoms. The molecular formula is C11H25N2O4P. The maximum atomic E-state index is 10.3. The molecule has 0 aliphatic heterocycles. The van der Waals surface area contributed by atoms with Crippen LogP contribution in [0, 0.1) is 0 Å². The quantitative estimate of drug-likeness (QED) is 0.502. The molecule has 0 aromatic carbocycles. The molecule has 0 aromatic rings. The number of hydrogen-bond acceptors (Lipinski definition) is 4. The number of carboxylic acid groups (broad SMARTS) is 1. The standard InChI is InChI=1S/C11H25N2O4P/c1-9(2)13(10(3)4)18(16-5)17-8-6-7-12-11(14)15/h9-10,12H,6-8H2,1-5H3,(H,14,15). The van der Waals surface area contributed by atoms with Crippen molar-refractivity contribution < 1.29 is 18.9 Å². The average Bonchev–Trinajstić information content (AvgIpc) is 2.25. The summed E-state index contributed by atoms with van der Waals surface area (Å²) in [7, 11) is 0.563. The Labute approximate surface area is 111 Å². The minimum atomic E-state index is -1.07. The van der Waals surface area contributed by atoms with Gasteiger partial charge in [-0.25, -0.2) is 9.46 Å². The molecule has 6 nitrogen and oxygen atoms in total. The Hall–Kier alpha value is -0.420. The van der Waals surface area contributed by atoms with E-state index in [-0.39, 0.29) is 0 Å². The number of rotatable bonds is 9. The van der Waals surface area contributed by atoms with Crippen molar-refractivity contribution in [2.75, 3.05) is 20.3 Å². The Balaban J connectivity index is 4.04. The average molecular weight is 280 g/mol. The summed E-state index contributed by atoms with van der Waals surface area (Å²) in [6.45, 7) is 9.28. The number of carbonyl (C=O) groups is 1. The van der Waals surface area contributed by atoms with Gasteiger partial charge < -0.3 is 19.5 Å². The first-order valence-electron chi connectivity index (χ1n) is 6.12. The van der Waals surface area contributed by atoms with E-state index >= 15 is 0 Å². The smallest absolute Gasteiger partial charge is 0.404 e. The lowest BCUT2D eigenvalue weighted by atomic mass is 10.3. The van der Waals surface area contributed by atoms with Crippen LogP contribution in [0.25, 0.3) is 0 Å². The van der Waals surface area contributed by atoms with Crippen LogP contribution in [-0.4, -0.2) is 48.2 Å². The third kappa shape index (κ3) is 7.11. The Kier molecular flexibility index (Phi) is 9.28. The second kappa shape index (κ2) is 9.50. The molecule has 1 amide bonds. The van der Waals surface area contributed by atoms with E-state index < -0.39 is 14.6 Å². The highest BCUT2D eigenvalue weighted by atomic mass is 31.2. The van der Waals surface area contributed by atoms with Crippen LogP contribution in [0.3, 0.4) is 0 Å². The van der Waals surface area contributed by atoms with Crippen LogP contribution < -0.4 is 5.32 Å². The van der Waals surface area contributed by atoms with Crippen molar-refractivity contribution in [2.24, 2.45) is 0 Å². The van der Waals surface area contributed by atoms with E-state index in [1.165, 1.54) is 0 Å². The van der Waals surface area contributed by atoms with E-state index in [1.807, 2.05) is 0 Å². The van der Waals surface area contributed by atoms with Crippen molar-refractivity contribution >= 4 is 14.6 Å². The van der Waals surface area contributed by atoms with E-state index in [0.29, 0.717) is 31.7 Å². The Morgan fingerprint density at radius 1 is 1.33 bits per heavy atom. The molecule has 0 heterocycles. The summed E-state index contributed by atoms with van der Waals surface area (Å²) in [4.78, 5) is 10.3.